The zero-order valence-corrected chi connectivity index (χ0v) is 17.6. The van der Waals surface area contributed by atoms with Crippen LogP contribution in [0.5, 0.6) is 0 Å². The second-order valence-corrected chi connectivity index (χ2v) is 8.23. The Balaban J connectivity index is 1.33. The first-order chi connectivity index (χ1) is 15.5. The molecule has 7 heteroatoms. The number of fused-ring (bicyclic) bond motifs is 3. The molecular formula is C25H26N2O5. The van der Waals surface area contributed by atoms with Gasteiger partial charge in [0, 0.05) is 12.5 Å². The van der Waals surface area contributed by atoms with Crippen LogP contribution in [0.25, 0.3) is 11.1 Å². The van der Waals surface area contributed by atoms with Crippen LogP contribution in [0.4, 0.5) is 4.79 Å². The van der Waals surface area contributed by atoms with Crippen molar-refractivity contribution in [2.75, 3.05) is 13.2 Å². The molecule has 0 bridgehead atoms. The minimum Gasteiger partial charge on any atom is -0.481 e. The number of ether oxygens (including phenoxy) is 1. The van der Waals surface area contributed by atoms with Crippen LogP contribution in [0, 0.1) is 11.8 Å². The average Bonchev–Trinajstić information content (AvgIpc) is 3.51. The van der Waals surface area contributed by atoms with E-state index in [1.54, 1.807) is 6.08 Å². The van der Waals surface area contributed by atoms with Gasteiger partial charge in [-0.1, -0.05) is 54.6 Å². The summed E-state index contributed by atoms with van der Waals surface area (Å²) in [5, 5.41) is 14.3. The van der Waals surface area contributed by atoms with Crippen molar-refractivity contribution in [3.8, 4) is 11.1 Å². The summed E-state index contributed by atoms with van der Waals surface area (Å²) in [7, 11) is 0. The lowest BCUT2D eigenvalue weighted by Crippen LogP contribution is -2.47. The van der Waals surface area contributed by atoms with Crippen molar-refractivity contribution in [2.24, 2.45) is 11.8 Å². The zero-order chi connectivity index (χ0) is 22.7. The van der Waals surface area contributed by atoms with Gasteiger partial charge in [-0.25, -0.2) is 4.79 Å². The predicted octanol–water partition coefficient (Wildman–Crippen LogP) is 3.31. The Morgan fingerprint density at radius 2 is 1.72 bits per heavy atom. The quantitative estimate of drug-likeness (QED) is 0.525. The molecule has 166 valence electrons. The molecule has 0 aromatic heterocycles. The Hall–Kier alpha value is -3.61. The van der Waals surface area contributed by atoms with Gasteiger partial charge in [-0.3, -0.25) is 9.59 Å². The maximum Gasteiger partial charge on any atom is 0.407 e. The molecule has 2 amide bonds. The molecule has 4 rings (SSSR count). The number of carboxylic acids is 1. The van der Waals surface area contributed by atoms with Crippen LogP contribution in [0.15, 0.2) is 61.2 Å². The van der Waals surface area contributed by atoms with Crippen molar-refractivity contribution < 1.29 is 24.2 Å². The fourth-order valence-electron chi connectivity index (χ4n) is 4.31. The van der Waals surface area contributed by atoms with Crippen LogP contribution < -0.4 is 10.6 Å². The standard InChI is InChI=1S/C25H26N2O5/c1-2-7-22(23(28)26-13-15-12-20(15)24(29)30)27-25(31)32-14-21-18-10-5-3-8-16(18)17-9-4-6-11-19(17)21/h2-6,8-11,15,20-22H,1,7,12-14H2,(H,26,28)(H,27,31)(H,29,30). The number of rotatable bonds is 9. The highest BCUT2D eigenvalue weighted by Gasteiger charge is 2.43. The van der Waals surface area contributed by atoms with E-state index >= 15 is 0 Å². The predicted molar refractivity (Wildman–Crippen MR) is 119 cm³/mol. The first-order valence-electron chi connectivity index (χ1n) is 10.7. The largest absolute Gasteiger partial charge is 0.481 e. The molecule has 0 saturated heterocycles. The normalized spacial score (nSPS) is 19.2. The van der Waals surface area contributed by atoms with Crippen LogP contribution in [-0.4, -0.2) is 42.3 Å². The highest BCUT2D eigenvalue weighted by atomic mass is 16.5. The first kappa shape index (κ1) is 21.6. The molecule has 2 aromatic rings. The highest BCUT2D eigenvalue weighted by Crippen LogP contribution is 2.44. The van der Waals surface area contributed by atoms with E-state index in [1.807, 2.05) is 36.4 Å². The molecule has 3 atom stereocenters. The SMILES string of the molecule is C=CCC(NC(=O)OCC1c2ccccc2-c2ccccc21)C(=O)NCC1CC1C(=O)O. The number of alkyl carbamates (subject to hydrolysis) is 1. The summed E-state index contributed by atoms with van der Waals surface area (Å²) in [5.41, 5.74) is 4.50. The van der Waals surface area contributed by atoms with E-state index < -0.39 is 24.0 Å². The second kappa shape index (κ2) is 9.26. The molecule has 0 spiro atoms. The van der Waals surface area contributed by atoms with Gasteiger partial charge in [-0.15, -0.1) is 6.58 Å². The van der Waals surface area contributed by atoms with Gasteiger partial charge >= 0.3 is 12.1 Å². The third-order valence-electron chi connectivity index (χ3n) is 6.13. The summed E-state index contributed by atoms with van der Waals surface area (Å²) in [4.78, 5) is 35.9. The summed E-state index contributed by atoms with van der Waals surface area (Å²) in [5.74, 6) is -1.75. The average molecular weight is 434 g/mol. The highest BCUT2D eigenvalue weighted by molar-refractivity contribution is 5.86. The van der Waals surface area contributed by atoms with E-state index in [0.29, 0.717) is 6.42 Å². The van der Waals surface area contributed by atoms with Gasteiger partial charge in [0.2, 0.25) is 5.91 Å². The van der Waals surface area contributed by atoms with Crippen molar-refractivity contribution in [1.29, 1.82) is 0 Å². The fraction of sp³-hybridized carbons (Fsp3) is 0.320. The minimum atomic E-state index is -0.844. The molecule has 7 nitrogen and oxygen atoms in total. The van der Waals surface area contributed by atoms with Crippen molar-refractivity contribution in [3.05, 3.63) is 72.3 Å². The van der Waals surface area contributed by atoms with E-state index in [1.165, 1.54) is 0 Å². The van der Waals surface area contributed by atoms with E-state index in [2.05, 4.69) is 29.3 Å². The molecule has 3 unspecified atom stereocenters. The van der Waals surface area contributed by atoms with Crippen molar-refractivity contribution in [1.82, 2.24) is 10.6 Å². The summed E-state index contributed by atoms with van der Waals surface area (Å²) >= 11 is 0. The maximum atomic E-state index is 12.5. The summed E-state index contributed by atoms with van der Waals surface area (Å²) in [6, 6.07) is 15.3. The lowest BCUT2D eigenvalue weighted by molar-refractivity contribution is -0.139. The van der Waals surface area contributed by atoms with E-state index in [0.717, 1.165) is 22.3 Å². The van der Waals surface area contributed by atoms with Crippen LogP contribution in [0.1, 0.15) is 29.9 Å². The number of carboxylic acid groups (broad SMARTS) is 1. The number of amides is 2. The zero-order valence-electron chi connectivity index (χ0n) is 17.6. The lowest BCUT2D eigenvalue weighted by atomic mass is 9.98. The maximum absolute atomic E-state index is 12.5. The molecule has 0 aliphatic heterocycles. The Bertz CT molecular complexity index is 1000. The Labute approximate surface area is 186 Å². The number of carbonyl (C=O) groups excluding carboxylic acids is 2. The number of nitrogens with one attached hydrogen (secondary N) is 2. The van der Waals surface area contributed by atoms with Crippen LogP contribution in [0.2, 0.25) is 0 Å². The first-order valence-corrected chi connectivity index (χ1v) is 10.7. The fourth-order valence-corrected chi connectivity index (χ4v) is 4.31. The molecule has 2 aliphatic carbocycles. The molecule has 1 fully saturated rings. The lowest BCUT2D eigenvalue weighted by Gasteiger charge is -2.19. The number of aliphatic carboxylic acids is 1. The monoisotopic (exact) mass is 434 g/mol. The van der Waals surface area contributed by atoms with Gasteiger partial charge in [-0.2, -0.15) is 0 Å². The van der Waals surface area contributed by atoms with Crippen molar-refractivity contribution in [3.63, 3.8) is 0 Å². The number of carbonyl (C=O) groups is 3. The number of hydrogen-bond acceptors (Lipinski definition) is 4. The molecule has 3 N–H and O–H groups in total. The van der Waals surface area contributed by atoms with Crippen LogP contribution >= 0.6 is 0 Å². The van der Waals surface area contributed by atoms with Crippen LogP contribution in [-0.2, 0) is 14.3 Å². The molecule has 2 aromatic carbocycles. The summed E-state index contributed by atoms with van der Waals surface area (Å²) in [6.45, 7) is 4.07. The smallest absolute Gasteiger partial charge is 0.407 e. The topological polar surface area (TPSA) is 105 Å². The summed E-state index contributed by atoms with van der Waals surface area (Å²) < 4.78 is 5.51. The van der Waals surface area contributed by atoms with Gasteiger partial charge in [-0.05, 0) is 41.0 Å². The molecule has 32 heavy (non-hydrogen) atoms. The minimum absolute atomic E-state index is 0.0599. The number of benzene rings is 2. The van der Waals surface area contributed by atoms with E-state index in [9.17, 15) is 14.4 Å². The van der Waals surface area contributed by atoms with E-state index in [-0.39, 0.29) is 37.3 Å². The van der Waals surface area contributed by atoms with E-state index in [4.69, 9.17) is 9.84 Å². The third-order valence-corrected chi connectivity index (χ3v) is 6.13. The van der Waals surface area contributed by atoms with Gasteiger partial charge in [0.15, 0.2) is 0 Å². The van der Waals surface area contributed by atoms with Gasteiger partial charge in [0.1, 0.15) is 12.6 Å². The Morgan fingerprint density at radius 3 is 2.28 bits per heavy atom. The Kier molecular flexibility index (Phi) is 6.25. The van der Waals surface area contributed by atoms with Crippen molar-refractivity contribution in [2.45, 2.75) is 24.8 Å². The number of hydrogen-bond donors (Lipinski definition) is 3. The summed E-state index contributed by atoms with van der Waals surface area (Å²) in [6.07, 6.45) is 1.67. The molecule has 2 aliphatic rings. The Morgan fingerprint density at radius 1 is 1.09 bits per heavy atom. The third kappa shape index (κ3) is 4.51. The molecular weight excluding hydrogens is 408 g/mol. The molecule has 1 saturated carbocycles. The van der Waals surface area contributed by atoms with Crippen LogP contribution in [0.3, 0.4) is 0 Å². The van der Waals surface area contributed by atoms with Gasteiger partial charge < -0.3 is 20.5 Å². The second-order valence-electron chi connectivity index (χ2n) is 8.23. The van der Waals surface area contributed by atoms with Gasteiger partial charge in [0.05, 0.1) is 5.92 Å². The molecule has 0 heterocycles. The van der Waals surface area contributed by atoms with Crippen molar-refractivity contribution >= 4 is 18.0 Å². The molecule has 0 radical (unpaired) electrons. The van der Waals surface area contributed by atoms with Gasteiger partial charge in [0.25, 0.3) is 0 Å².